The number of hydrogen-bond acceptors (Lipinski definition) is 4. The van der Waals surface area contributed by atoms with Gasteiger partial charge in [0.25, 0.3) is 0 Å². The van der Waals surface area contributed by atoms with Gasteiger partial charge in [-0.05, 0) is 27.7 Å². The lowest BCUT2D eigenvalue weighted by atomic mass is 10.3. The lowest BCUT2D eigenvalue weighted by Gasteiger charge is -2.04. The van der Waals surface area contributed by atoms with Crippen molar-refractivity contribution in [3.63, 3.8) is 0 Å². The van der Waals surface area contributed by atoms with E-state index in [0.29, 0.717) is 5.65 Å². The second kappa shape index (κ2) is 2.97. The Bertz CT molecular complexity index is 505. The van der Waals surface area contributed by atoms with Gasteiger partial charge in [0.1, 0.15) is 11.3 Å². The highest BCUT2D eigenvalue weighted by atomic mass is 15.0. The van der Waals surface area contributed by atoms with E-state index in [4.69, 9.17) is 0 Å². The highest BCUT2D eigenvalue weighted by molar-refractivity contribution is 5.72. The molecule has 0 saturated carbocycles. The Kier molecular flexibility index (Phi) is 1.91. The fraction of sp³-hybridized carbons (Fsp3) is 0.400. The van der Waals surface area contributed by atoms with Crippen molar-refractivity contribution < 1.29 is 0 Å². The third-order valence-corrected chi connectivity index (χ3v) is 2.23. The Hall–Kier alpha value is -1.58. The van der Waals surface area contributed by atoms with Gasteiger partial charge in [0.05, 0.1) is 17.1 Å². The molecule has 2 heterocycles. The zero-order valence-electron chi connectivity index (χ0n) is 8.79. The summed E-state index contributed by atoms with van der Waals surface area (Å²) >= 11 is 0. The van der Waals surface area contributed by atoms with Crippen molar-refractivity contribution in [1.29, 1.82) is 0 Å². The zero-order chi connectivity index (χ0) is 10.3. The van der Waals surface area contributed by atoms with Gasteiger partial charge in [-0.15, -0.1) is 0 Å². The molecule has 0 aliphatic heterocycles. The third-order valence-electron chi connectivity index (χ3n) is 2.23. The molecule has 0 spiro atoms. The summed E-state index contributed by atoms with van der Waals surface area (Å²) in [7, 11) is 0. The van der Waals surface area contributed by atoms with Crippen LogP contribution in [0.1, 0.15) is 22.9 Å². The molecular weight excluding hydrogens is 176 g/mol. The number of aromatic nitrogens is 4. The van der Waals surface area contributed by atoms with Crippen molar-refractivity contribution in [3.8, 4) is 0 Å². The molecule has 0 bridgehead atoms. The summed E-state index contributed by atoms with van der Waals surface area (Å²) in [6.45, 7) is 7.68. The summed E-state index contributed by atoms with van der Waals surface area (Å²) in [5.41, 5.74) is 4.25. The van der Waals surface area contributed by atoms with Crippen LogP contribution in [-0.4, -0.2) is 19.9 Å². The SMILES string of the molecule is Cc1nc(C)c2nc(C)c(C)nc2n1. The largest absolute Gasteiger partial charge is 0.246 e. The maximum absolute atomic E-state index is 4.43. The van der Waals surface area contributed by atoms with Gasteiger partial charge in [-0.1, -0.05) is 0 Å². The number of fused-ring (bicyclic) bond motifs is 1. The second-order valence-corrected chi connectivity index (χ2v) is 3.42. The predicted molar refractivity (Wildman–Crippen MR) is 54.1 cm³/mol. The molecule has 72 valence electrons. The Morgan fingerprint density at radius 2 is 1.29 bits per heavy atom. The fourth-order valence-electron chi connectivity index (χ4n) is 1.39. The number of nitrogens with zero attached hydrogens (tertiary/aromatic N) is 4. The molecule has 2 rings (SSSR count). The molecule has 0 atom stereocenters. The van der Waals surface area contributed by atoms with Crippen molar-refractivity contribution in [1.82, 2.24) is 19.9 Å². The van der Waals surface area contributed by atoms with Crippen LogP contribution in [0.4, 0.5) is 0 Å². The number of aryl methyl sites for hydroxylation is 4. The molecule has 0 aromatic carbocycles. The average molecular weight is 188 g/mol. The summed E-state index contributed by atoms with van der Waals surface area (Å²) in [4.78, 5) is 17.3. The van der Waals surface area contributed by atoms with Crippen LogP contribution < -0.4 is 0 Å². The van der Waals surface area contributed by atoms with Crippen LogP contribution in [0.15, 0.2) is 0 Å². The predicted octanol–water partition coefficient (Wildman–Crippen LogP) is 1.65. The first-order valence-corrected chi connectivity index (χ1v) is 4.54. The Morgan fingerprint density at radius 3 is 2.00 bits per heavy atom. The van der Waals surface area contributed by atoms with Crippen molar-refractivity contribution in [2.45, 2.75) is 27.7 Å². The first-order valence-electron chi connectivity index (χ1n) is 4.54. The van der Waals surface area contributed by atoms with E-state index in [2.05, 4.69) is 19.9 Å². The summed E-state index contributed by atoms with van der Waals surface area (Å²) in [6.07, 6.45) is 0. The minimum absolute atomic E-state index is 0.693. The molecule has 0 saturated heterocycles. The second-order valence-electron chi connectivity index (χ2n) is 3.42. The summed E-state index contributed by atoms with van der Waals surface area (Å²) in [5, 5.41) is 0. The van der Waals surface area contributed by atoms with Gasteiger partial charge in [0.15, 0.2) is 5.65 Å². The van der Waals surface area contributed by atoms with E-state index >= 15 is 0 Å². The molecule has 0 fully saturated rings. The monoisotopic (exact) mass is 188 g/mol. The standard InChI is InChI=1S/C10H12N4/c1-5-6(2)13-10-9(12-5)7(3)11-8(4)14-10/h1-4H3. The number of rotatable bonds is 0. The Labute approximate surface area is 82.5 Å². The maximum Gasteiger partial charge on any atom is 0.182 e. The van der Waals surface area contributed by atoms with E-state index in [1.807, 2.05) is 27.7 Å². The van der Waals surface area contributed by atoms with Crippen molar-refractivity contribution >= 4 is 11.2 Å². The summed E-state index contributed by atoms with van der Waals surface area (Å²) in [5.74, 6) is 0.743. The molecule has 2 aromatic rings. The first-order chi connectivity index (χ1) is 6.58. The Morgan fingerprint density at radius 1 is 0.643 bits per heavy atom. The number of hydrogen-bond donors (Lipinski definition) is 0. The molecule has 0 aliphatic carbocycles. The van der Waals surface area contributed by atoms with Gasteiger partial charge in [-0.25, -0.2) is 19.9 Å². The lowest BCUT2D eigenvalue weighted by molar-refractivity contribution is 0.992. The van der Waals surface area contributed by atoms with Crippen LogP contribution >= 0.6 is 0 Å². The minimum Gasteiger partial charge on any atom is -0.246 e. The van der Waals surface area contributed by atoms with Crippen molar-refractivity contribution in [2.75, 3.05) is 0 Å². The molecule has 4 heteroatoms. The quantitative estimate of drug-likeness (QED) is 0.630. The van der Waals surface area contributed by atoms with Crippen LogP contribution in [0.3, 0.4) is 0 Å². The average Bonchev–Trinajstić information content (AvgIpc) is 2.08. The fourth-order valence-corrected chi connectivity index (χ4v) is 1.39. The van der Waals surface area contributed by atoms with E-state index < -0.39 is 0 Å². The van der Waals surface area contributed by atoms with Gasteiger partial charge in [-0.3, -0.25) is 0 Å². The highest BCUT2D eigenvalue weighted by Crippen LogP contribution is 2.12. The third kappa shape index (κ3) is 1.32. The van der Waals surface area contributed by atoms with Gasteiger partial charge in [-0.2, -0.15) is 0 Å². The molecule has 4 nitrogen and oxygen atoms in total. The van der Waals surface area contributed by atoms with Crippen LogP contribution in [0, 0.1) is 27.7 Å². The van der Waals surface area contributed by atoms with Gasteiger partial charge >= 0.3 is 0 Å². The van der Waals surface area contributed by atoms with E-state index in [1.54, 1.807) is 0 Å². The molecule has 0 N–H and O–H groups in total. The topological polar surface area (TPSA) is 51.6 Å². The van der Waals surface area contributed by atoms with Crippen LogP contribution in [0.25, 0.3) is 11.2 Å². The smallest absolute Gasteiger partial charge is 0.182 e. The van der Waals surface area contributed by atoms with E-state index in [-0.39, 0.29) is 0 Å². The Balaban J connectivity index is 2.89. The minimum atomic E-state index is 0.693. The van der Waals surface area contributed by atoms with Crippen molar-refractivity contribution in [2.24, 2.45) is 0 Å². The first kappa shape index (κ1) is 8.99. The van der Waals surface area contributed by atoms with Crippen LogP contribution in [0.5, 0.6) is 0 Å². The van der Waals surface area contributed by atoms with Gasteiger partial charge < -0.3 is 0 Å². The molecule has 2 aromatic heterocycles. The molecule has 0 aliphatic rings. The van der Waals surface area contributed by atoms with Crippen LogP contribution in [0.2, 0.25) is 0 Å². The molecular formula is C10H12N4. The zero-order valence-corrected chi connectivity index (χ0v) is 8.79. The van der Waals surface area contributed by atoms with Crippen molar-refractivity contribution in [3.05, 3.63) is 22.9 Å². The van der Waals surface area contributed by atoms with E-state index in [9.17, 15) is 0 Å². The summed E-state index contributed by atoms with van der Waals surface area (Å²) < 4.78 is 0. The molecule has 0 amide bonds. The molecule has 0 unspecified atom stereocenters. The lowest BCUT2D eigenvalue weighted by Crippen LogP contribution is -2.01. The molecule has 0 radical (unpaired) electrons. The highest BCUT2D eigenvalue weighted by Gasteiger charge is 2.06. The van der Waals surface area contributed by atoms with Crippen LogP contribution in [-0.2, 0) is 0 Å². The van der Waals surface area contributed by atoms with Gasteiger partial charge in [0, 0.05) is 0 Å². The van der Waals surface area contributed by atoms with E-state index in [1.165, 1.54) is 0 Å². The van der Waals surface area contributed by atoms with Gasteiger partial charge in [0.2, 0.25) is 0 Å². The summed E-state index contributed by atoms with van der Waals surface area (Å²) in [6, 6.07) is 0. The molecule has 14 heavy (non-hydrogen) atoms. The van der Waals surface area contributed by atoms with E-state index in [0.717, 1.165) is 28.4 Å². The normalized spacial score (nSPS) is 10.9. The maximum atomic E-state index is 4.43.